The zero-order valence-electron chi connectivity index (χ0n) is 27.8. The van der Waals surface area contributed by atoms with Gasteiger partial charge in [0, 0.05) is 12.5 Å². The van der Waals surface area contributed by atoms with E-state index in [-0.39, 0.29) is 27.6 Å². The second-order valence-corrected chi connectivity index (χ2v) is 17.3. The van der Waals surface area contributed by atoms with Gasteiger partial charge in [-0.1, -0.05) is 145 Å². The molecule has 0 aliphatic carbocycles. The van der Waals surface area contributed by atoms with Gasteiger partial charge < -0.3 is 11.4 Å². The molecular weight excluding hydrogens is 519 g/mol. The fourth-order valence-corrected chi connectivity index (χ4v) is 6.80. The minimum atomic E-state index is -2.69. The van der Waals surface area contributed by atoms with Gasteiger partial charge in [-0.2, -0.15) is 0 Å². The van der Waals surface area contributed by atoms with Gasteiger partial charge in [0.25, 0.3) is 0 Å². The summed E-state index contributed by atoms with van der Waals surface area (Å²) in [5.41, 5.74) is 8.40. The smallest absolute Gasteiger partial charge is 0.588 e. The maximum absolute atomic E-state index is 6.97. The van der Waals surface area contributed by atoms with Crippen LogP contribution in [-0.2, 0) is 32.1 Å². The molecule has 0 spiro atoms. The van der Waals surface area contributed by atoms with E-state index in [4.69, 9.17) is 11.4 Å². The van der Waals surface area contributed by atoms with Gasteiger partial charge in [0.1, 0.15) is 0 Å². The molecule has 0 unspecified atom stereocenters. The third-order valence-corrected chi connectivity index (χ3v) is 9.47. The lowest BCUT2D eigenvalue weighted by Gasteiger charge is -2.37. The monoisotopic (exact) mass is 570 g/mol. The second-order valence-electron chi connectivity index (χ2n) is 15.9. The zero-order valence-corrected chi connectivity index (χ0v) is 28.9. The van der Waals surface area contributed by atoms with Crippen LogP contribution < -0.4 is 7.58 Å². The van der Waals surface area contributed by atoms with E-state index in [1.54, 1.807) is 0 Å². The van der Waals surface area contributed by atoms with Crippen LogP contribution in [0.2, 0.25) is 0 Å². The van der Waals surface area contributed by atoms with Crippen LogP contribution in [0.15, 0.2) is 54.6 Å². The van der Waals surface area contributed by atoms with E-state index in [0.29, 0.717) is 6.61 Å². The molecule has 0 radical (unpaired) electrons. The summed E-state index contributed by atoms with van der Waals surface area (Å²) in [5, 5.41) is 0. The summed E-state index contributed by atoms with van der Waals surface area (Å²) in [7, 11) is 0. The van der Waals surface area contributed by atoms with Crippen LogP contribution in [0.4, 0.5) is 0 Å². The number of benzene rings is 3. The molecule has 4 heteroatoms. The van der Waals surface area contributed by atoms with Crippen LogP contribution in [0.25, 0.3) is 0 Å². The Labute approximate surface area is 255 Å². The molecule has 0 saturated carbocycles. The van der Waals surface area contributed by atoms with Crippen molar-refractivity contribution < 1.29 is 11.4 Å². The molecule has 1 heterocycles. The van der Waals surface area contributed by atoms with Crippen molar-refractivity contribution in [3.8, 4) is 11.5 Å². The first-order valence-corrected chi connectivity index (χ1v) is 16.5. The Balaban J connectivity index is 2.03. The van der Waals surface area contributed by atoms with Gasteiger partial charge in [0.15, 0.2) is 0 Å². The molecule has 0 atom stereocenters. The topological polar surface area (TPSA) is 27.7 Å². The van der Waals surface area contributed by atoms with Crippen molar-refractivity contribution in [3.63, 3.8) is 0 Å². The minimum Gasteiger partial charge on any atom is -0.588 e. The van der Waals surface area contributed by atoms with Crippen LogP contribution in [0.5, 0.6) is 11.5 Å². The SMILES string of the molecule is CC1c2cc(C(C)(C)C)cc(C(C)(C)C)c2[O][Al]([O]Cc2ccccc2)[O]c2c1cc(C(C)(C)C)cc2C(C)(C)C. The van der Waals surface area contributed by atoms with Crippen LogP contribution in [0, 0.1) is 0 Å². The minimum absolute atomic E-state index is 0.000907. The summed E-state index contributed by atoms with van der Waals surface area (Å²) in [4.78, 5) is 0. The van der Waals surface area contributed by atoms with Crippen molar-refractivity contribution in [3.05, 3.63) is 93.5 Å². The largest absolute Gasteiger partial charge is 1.10 e. The van der Waals surface area contributed by atoms with Crippen molar-refractivity contribution >= 4 is 15.1 Å². The molecule has 3 aromatic carbocycles. The molecule has 0 bridgehead atoms. The predicted octanol–water partition coefficient (Wildman–Crippen LogP) is 10.0. The van der Waals surface area contributed by atoms with Crippen LogP contribution >= 0.6 is 0 Å². The summed E-state index contributed by atoms with van der Waals surface area (Å²) in [6, 6.07) is 19.8. The fourth-order valence-electron chi connectivity index (χ4n) is 5.38. The van der Waals surface area contributed by atoms with Crippen molar-refractivity contribution in [1.29, 1.82) is 0 Å². The van der Waals surface area contributed by atoms with Crippen molar-refractivity contribution in [2.75, 3.05) is 0 Å². The van der Waals surface area contributed by atoms with Crippen molar-refractivity contribution in [2.45, 2.75) is 124 Å². The molecule has 0 N–H and O–H groups in total. The van der Waals surface area contributed by atoms with E-state index in [2.05, 4.69) is 126 Å². The Bertz CT molecular complexity index is 1290. The molecule has 1 aliphatic rings. The second kappa shape index (κ2) is 11.1. The van der Waals surface area contributed by atoms with E-state index in [0.717, 1.165) is 17.1 Å². The molecule has 4 rings (SSSR count). The van der Waals surface area contributed by atoms with Crippen LogP contribution in [-0.4, -0.2) is 15.1 Å². The summed E-state index contributed by atoms with van der Waals surface area (Å²) in [6.45, 7) is 30.2. The van der Waals surface area contributed by atoms with Crippen LogP contribution in [0.1, 0.15) is 135 Å². The molecule has 1 aliphatic heterocycles. The average molecular weight is 571 g/mol. The van der Waals surface area contributed by atoms with Crippen molar-refractivity contribution in [1.82, 2.24) is 0 Å². The maximum Gasteiger partial charge on any atom is 1.10 e. The fraction of sp³-hybridized carbons (Fsp3) is 0.514. The Morgan fingerprint density at radius 3 is 1.39 bits per heavy atom. The lowest BCUT2D eigenvalue weighted by Crippen LogP contribution is -2.38. The summed E-state index contributed by atoms with van der Waals surface area (Å²) < 4.78 is 20.5. The molecule has 0 aromatic heterocycles. The highest BCUT2D eigenvalue weighted by molar-refractivity contribution is 6.38. The zero-order chi connectivity index (χ0) is 30.5. The number of hydrogen-bond acceptors (Lipinski definition) is 3. The molecule has 3 nitrogen and oxygen atoms in total. The molecule has 41 heavy (non-hydrogen) atoms. The van der Waals surface area contributed by atoms with Gasteiger partial charge in [0.05, 0.1) is 11.5 Å². The Kier molecular flexibility index (Phi) is 8.58. The van der Waals surface area contributed by atoms with E-state index in [1.165, 1.54) is 33.4 Å². The normalized spacial score (nSPS) is 14.9. The number of rotatable bonds is 3. The van der Waals surface area contributed by atoms with Gasteiger partial charge >= 0.3 is 15.1 Å². The van der Waals surface area contributed by atoms with E-state index >= 15 is 0 Å². The molecule has 0 saturated heterocycles. The first-order valence-electron chi connectivity index (χ1n) is 15.1. The molecule has 220 valence electrons. The molecular formula is C37H51AlO3. The molecule has 0 fully saturated rings. The molecule has 3 aromatic rings. The van der Waals surface area contributed by atoms with Gasteiger partial charge in [0.2, 0.25) is 0 Å². The lowest BCUT2D eigenvalue weighted by atomic mass is 9.74. The van der Waals surface area contributed by atoms with E-state index in [9.17, 15) is 0 Å². The van der Waals surface area contributed by atoms with E-state index < -0.39 is 15.1 Å². The van der Waals surface area contributed by atoms with Gasteiger partial charge in [-0.25, -0.2) is 0 Å². The third-order valence-electron chi connectivity index (χ3n) is 8.17. The lowest BCUT2D eigenvalue weighted by molar-refractivity contribution is 0.186. The standard InChI is InChI=1S/C30H46O2.C7H7O.Al/c1-18(21-14-19(27(2,3)4)16-23(25(21)31)29(8,9)10)22-15-20(28(5,6)7)17-24(26(22)32)30(11,12)13;8-6-7-4-2-1-3-5-7;/h14-18,31-32H,1-13H3;1-5H,6H2;/q;-1;+3/p-2. The highest BCUT2D eigenvalue weighted by atomic mass is 27.3. The Hall–Kier alpha value is -2.25. The third kappa shape index (κ3) is 7.05. The number of hydrogen-bond donors (Lipinski definition) is 0. The average Bonchev–Trinajstić information content (AvgIpc) is 2.84. The maximum atomic E-state index is 6.97. The van der Waals surface area contributed by atoms with Gasteiger partial charge in [-0.05, 0) is 60.6 Å². The Morgan fingerprint density at radius 2 is 1.02 bits per heavy atom. The summed E-state index contributed by atoms with van der Waals surface area (Å²) >= 11 is -2.69. The van der Waals surface area contributed by atoms with Crippen LogP contribution in [0.3, 0.4) is 0 Å². The summed E-state index contributed by atoms with van der Waals surface area (Å²) in [5.74, 6) is 1.95. The van der Waals surface area contributed by atoms with E-state index in [1.807, 2.05) is 18.2 Å². The van der Waals surface area contributed by atoms with Gasteiger partial charge in [-0.3, -0.25) is 0 Å². The quantitative estimate of drug-likeness (QED) is 0.293. The van der Waals surface area contributed by atoms with Crippen molar-refractivity contribution in [2.24, 2.45) is 0 Å². The Morgan fingerprint density at radius 1 is 0.610 bits per heavy atom. The first kappa shape index (κ1) is 31.7. The first-order chi connectivity index (χ1) is 18.8. The number of fused-ring (bicyclic) bond motifs is 2. The predicted molar refractivity (Wildman–Crippen MR) is 173 cm³/mol. The highest BCUT2D eigenvalue weighted by Crippen LogP contribution is 2.49. The van der Waals surface area contributed by atoms with Gasteiger partial charge in [-0.15, -0.1) is 0 Å². The highest BCUT2D eigenvalue weighted by Gasteiger charge is 2.46. The summed E-state index contributed by atoms with van der Waals surface area (Å²) in [6.07, 6.45) is 0. The molecule has 0 amide bonds.